The number of rotatable bonds is 3. The third-order valence-corrected chi connectivity index (χ3v) is 2.59. The number of H-pyrrole nitrogens is 1. The highest BCUT2D eigenvalue weighted by atomic mass is 15.0. The van der Waals surface area contributed by atoms with Gasteiger partial charge in [-0.25, -0.2) is 4.98 Å². The normalized spacial score (nSPS) is 29.7. The molecule has 13 heavy (non-hydrogen) atoms. The Bertz CT molecular complexity index is 251. The van der Waals surface area contributed by atoms with Crippen molar-refractivity contribution in [2.75, 3.05) is 0 Å². The molecular formula is C9H16N4. The van der Waals surface area contributed by atoms with E-state index in [1.165, 1.54) is 0 Å². The molecule has 1 fully saturated rings. The highest BCUT2D eigenvalue weighted by molar-refractivity contribution is 4.97. The second kappa shape index (κ2) is 3.47. The van der Waals surface area contributed by atoms with Gasteiger partial charge in [0.1, 0.15) is 5.82 Å². The number of aromatic amines is 1. The molecule has 1 aliphatic rings. The van der Waals surface area contributed by atoms with Gasteiger partial charge in [-0.3, -0.25) is 0 Å². The average molecular weight is 180 g/mol. The van der Waals surface area contributed by atoms with E-state index in [1.54, 1.807) is 6.20 Å². The lowest BCUT2D eigenvalue weighted by atomic mass is 9.87. The Morgan fingerprint density at radius 1 is 1.69 bits per heavy atom. The van der Waals surface area contributed by atoms with E-state index in [4.69, 9.17) is 5.73 Å². The minimum absolute atomic E-state index is 0.299. The van der Waals surface area contributed by atoms with E-state index >= 15 is 0 Å². The fourth-order valence-corrected chi connectivity index (χ4v) is 1.74. The Hall–Kier alpha value is -0.870. The van der Waals surface area contributed by atoms with Gasteiger partial charge in [-0.1, -0.05) is 0 Å². The molecule has 0 radical (unpaired) electrons. The van der Waals surface area contributed by atoms with E-state index < -0.39 is 0 Å². The van der Waals surface area contributed by atoms with Gasteiger partial charge in [-0.15, -0.1) is 0 Å². The first kappa shape index (κ1) is 8.72. The van der Waals surface area contributed by atoms with Crippen LogP contribution < -0.4 is 11.1 Å². The summed E-state index contributed by atoms with van der Waals surface area (Å²) in [6.07, 6.45) is 5.80. The molecular weight excluding hydrogens is 164 g/mol. The van der Waals surface area contributed by atoms with E-state index in [1.807, 2.05) is 6.20 Å². The fraction of sp³-hybridized carbons (Fsp3) is 0.667. The molecule has 72 valence electrons. The van der Waals surface area contributed by atoms with Crippen LogP contribution in [0.4, 0.5) is 0 Å². The Morgan fingerprint density at radius 2 is 2.46 bits per heavy atom. The Morgan fingerprint density at radius 3 is 3.00 bits per heavy atom. The number of hydrogen-bond donors (Lipinski definition) is 3. The van der Waals surface area contributed by atoms with Gasteiger partial charge in [0.15, 0.2) is 0 Å². The van der Waals surface area contributed by atoms with Crippen LogP contribution in [0.3, 0.4) is 0 Å². The maximum Gasteiger partial charge on any atom is 0.122 e. The minimum atomic E-state index is 0.299. The van der Waals surface area contributed by atoms with Crippen LogP contribution in [0.1, 0.15) is 31.6 Å². The summed E-state index contributed by atoms with van der Waals surface area (Å²) in [6, 6.07) is 1.28. The number of nitrogens with one attached hydrogen (secondary N) is 2. The first-order valence-electron chi connectivity index (χ1n) is 4.76. The van der Waals surface area contributed by atoms with Crippen LogP contribution in [0.2, 0.25) is 0 Å². The van der Waals surface area contributed by atoms with E-state index in [0.717, 1.165) is 18.7 Å². The predicted octanol–water partition coefficient (Wildman–Crippen LogP) is 0.550. The number of imidazole rings is 1. The molecule has 1 aromatic heterocycles. The van der Waals surface area contributed by atoms with Crippen molar-refractivity contribution in [3.8, 4) is 0 Å². The van der Waals surface area contributed by atoms with Crippen molar-refractivity contribution in [1.29, 1.82) is 0 Å². The van der Waals surface area contributed by atoms with Gasteiger partial charge in [0, 0.05) is 24.5 Å². The zero-order chi connectivity index (χ0) is 9.26. The van der Waals surface area contributed by atoms with Crippen molar-refractivity contribution >= 4 is 0 Å². The van der Waals surface area contributed by atoms with Gasteiger partial charge in [0.2, 0.25) is 0 Å². The van der Waals surface area contributed by atoms with Crippen LogP contribution in [-0.2, 0) is 0 Å². The Labute approximate surface area is 77.9 Å². The molecule has 1 aliphatic carbocycles. The molecule has 4 N–H and O–H groups in total. The molecule has 0 spiro atoms. The maximum absolute atomic E-state index is 5.70. The van der Waals surface area contributed by atoms with Crippen molar-refractivity contribution in [1.82, 2.24) is 15.3 Å². The summed E-state index contributed by atoms with van der Waals surface area (Å²) >= 11 is 0. The molecule has 1 heterocycles. The summed E-state index contributed by atoms with van der Waals surface area (Å²) in [7, 11) is 0. The maximum atomic E-state index is 5.70. The molecule has 0 saturated heterocycles. The quantitative estimate of drug-likeness (QED) is 0.636. The first-order chi connectivity index (χ1) is 6.25. The highest BCUT2D eigenvalue weighted by Gasteiger charge is 2.27. The second-order valence-corrected chi connectivity index (χ2v) is 3.79. The number of nitrogens with two attached hydrogens (primary N) is 1. The molecule has 1 atom stereocenters. The van der Waals surface area contributed by atoms with Crippen LogP contribution in [0, 0.1) is 0 Å². The monoisotopic (exact) mass is 180 g/mol. The van der Waals surface area contributed by atoms with Gasteiger partial charge in [0.25, 0.3) is 0 Å². The first-order valence-corrected chi connectivity index (χ1v) is 4.76. The summed E-state index contributed by atoms with van der Waals surface area (Å²) in [6.45, 7) is 2.11. The lowest BCUT2D eigenvalue weighted by Crippen LogP contribution is -2.49. The topological polar surface area (TPSA) is 66.7 Å². The smallest absolute Gasteiger partial charge is 0.122 e. The lowest BCUT2D eigenvalue weighted by Gasteiger charge is -2.34. The fourth-order valence-electron chi connectivity index (χ4n) is 1.74. The average Bonchev–Trinajstić information content (AvgIpc) is 2.53. The standard InChI is InChI=1S/C9H16N4/c1-6(9-11-2-3-12-9)13-8-4-7(10)5-8/h2-3,6-8,13H,4-5,10H2,1H3,(H,11,12). The number of nitrogens with zero attached hydrogens (tertiary/aromatic N) is 1. The van der Waals surface area contributed by atoms with Crippen LogP contribution in [0.15, 0.2) is 12.4 Å². The van der Waals surface area contributed by atoms with Gasteiger partial charge >= 0.3 is 0 Å². The lowest BCUT2D eigenvalue weighted by molar-refractivity contribution is 0.269. The number of hydrogen-bond acceptors (Lipinski definition) is 3. The third-order valence-electron chi connectivity index (χ3n) is 2.59. The zero-order valence-electron chi connectivity index (χ0n) is 7.83. The molecule has 4 nitrogen and oxygen atoms in total. The summed E-state index contributed by atoms with van der Waals surface area (Å²) < 4.78 is 0. The summed E-state index contributed by atoms with van der Waals surface area (Å²) in [5.74, 6) is 1.00. The molecule has 4 heteroatoms. The molecule has 0 aliphatic heterocycles. The van der Waals surface area contributed by atoms with Crippen molar-refractivity contribution in [3.63, 3.8) is 0 Å². The van der Waals surface area contributed by atoms with Crippen LogP contribution in [-0.4, -0.2) is 22.1 Å². The Balaban J connectivity index is 1.82. The van der Waals surface area contributed by atoms with Gasteiger partial charge in [-0.2, -0.15) is 0 Å². The van der Waals surface area contributed by atoms with Crippen molar-refractivity contribution in [2.45, 2.75) is 37.9 Å². The SMILES string of the molecule is CC(NC1CC(N)C1)c1ncc[nH]1. The van der Waals surface area contributed by atoms with Crippen molar-refractivity contribution in [3.05, 3.63) is 18.2 Å². The molecule has 0 bridgehead atoms. The van der Waals surface area contributed by atoms with E-state index in [-0.39, 0.29) is 0 Å². The number of aromatic nitrogens is 2. The summed E-state index contributed by atoms with van der Waals surface area (Å²) in [5.41, 5.74) is 5.70. The predicted molar refractivity (Wildman–Crippen MR) is 51.1 cm³/mol. The van der Waals surface area contributed by atoms with Crippen molar-refractivity contribution in [2.24, 2.45) is 5.73 Å². The van der Waals surface area contributed by atoms with Gasteiger partial charge < -0.3 is 16.0 Å². The summed E-state index contributed by atoms with van der Waals surface area (Å²) in [4.78, 5) is 7.29. The van der Waals surface area contributed by atoms with Gasteiger partial charge in [0.05, 0.1) is 6.04 Å². The molecule has 1 saturated carbocycles. The molecule has 1 unspecified atom stereocenters. The summed E-state index contributed by atoms with van der Waals surface area (Å²) in [5, 5.41) is 3.48. The van der Waals surface area contributed by atoms with E-state index in [2.05, 4.69) is 22.2 Å². The van der Waals surface area contributed by atoms with Crippen molar-refractivity contribution < 1.29 is 0 Å². The molecule has 1 aromatic rings. The van der Waals surface area contributed by atoms with E-state index in [9.17, 15) is 0 Å². The highest BCUT2D eigenvalue weighted by Crippen LogP contribution is 2.20. The minimum Gasteiger partial charge on any atom is -0.347 e. The molecule has 0 aromatic carbocycles. The third kappa shape index (κ3) is 1.89. The molecule has 2 rings (SSSR count). The van der Waals surface area contributed by atoms with Crippen LogP contribution in [0.25, 0.3) is 0 Å². The second-order valence-electron chi connectivity index (χ2n) is 3.79. The molecule has 0 amide bonds. The van der Waals surface area contributed by atoms with E-state index in [0.29, 0.717) is 18.1 Å². The van der Waals surface area contributed by atoms with Crippen LogP contribution >= 0.6 is 0 Å². The van der Waals surface area contributed by atoms with Crippen LogP contribution in [0.5, 0.6) is 0 Å². The van der Waals surface area contributed by atoms with Gasteiger partial charge in [-0.05, 0) is 19.8 Å². The Kier molecular flexibility index (Phi) is 2.33. The zero-order valence-corrected chi connectivity index (χ0v) is 7.83. The largest absolute Gasteiger partial charge is 0.347 e.